The van der Waals surface area contributed by atoms with Crippen molar-refractivity contribution in [2.24, 2.45) is 0 Å². The molecule has 96 valence electrons. The smallest absolute Gasteiger partial charge is 0.402 e. The summed E-state index contributed by atoms with van der Waals surface area (Å²) >= 11 is 0.381. The van der Waals surface area contributed by atoms with E-state index in [1.54, 1.807) is 0 Å². The first-order chi connectivity index (χ1) is 7.62. The highest BCUT2D eigenvalue weighted by Gasteiger charge is 2.30. The van der Waals surface area contributed by atoms with Crippen LogP contribution in [0, 0.1) is 0 Å². The van der Waals surface area contributed by atoms with E-state index in [1.807, 2.05) is 0 Å². The summed E-state index contributed by atoms with van der Waals surface area (Å²) in [4.78, 5) is 10.2. The number of carboxylic acid groups (broad SMARTS) is 1. The average molecular weight is 289 g/mol. The van der Waals surface area contributed by atoms with Crippen LogP contribution in [0.4, 0.5) is 13.2 Å². The molecule has 5 nitrogen and oxygen atoms in total. The zero-order chi connectivity index (χ0) is 13.3. The number of thiophene rings is 1. The second-order valence-corrected chi connectivity index (χ2v) is 5.94. The van der Waals surface area contributed by atoms with Gasteiger partial charge in [0.25, 0.3) is 0 Å². The summed E-state index contributed by atoms with van der Waals surface area (Å²) in [6, 6.07) is 1.95. The van der Waals surface area contributed by atoms with Gasteiger partial charge in [-0.2, -0.15) is 13.2 Å². The standard InChI is InChI=1S/C7H6F3NO4S2/c8-7(9,10)3-11-17(14,15)5-2-1-4(16-5)6(12)13/h1-2,11H,3H2,(H,12,13). The van der Waals surface area contributed by atoms with Crippen LogP contribution in [0.3, 0.4) is 0 Å². The molecule has 0 atom stereocenters. The Morgan fingerprint density at radius 3 is 2.41 bits per heavy atom. The number of carbonyl (C=O) groups is 1. The van der Waals surface area contributed by atoms with E-state index in [0.717, 1.165) is 12.1 Å². The van der Waals surface area contributed by atoms with Crippen LogP contribution in [0.2, 0.25) is 0 Å². The Balaban J connectivity index is 2.86. The van der Waals surface area contributed by atoms with Gasteiger partial charge >= 0.3 is 12.1 Å². The number of aromatic carboxylic acids is 1. The van der Waals surface area contributed by atoms with Crippen LogP contribution in [-0.4, -0.2) is 32.2 Å². The molecule has 1 aromatic heterocycles. The lowest BCUT2D eigenvalue weighted by Gasteiger charge is -2.07. The minimum atomic E-state index is -4.67. The van der Waals surface area contributed by atoms with Crippen molar-refractivity contribution in [2.75, 3.05) is 6.54 Å². The minimum absolute atomic E-state index is 0.266. The molecule has 0 aromatic carbocycles. The van der Waals surface area contributed by atoms with Gasteiger partial charge in [-0.25, -0.2) is 17.9 Å². The average Bonchev–Trinajstić information content (AvgIpc) is 2.63. The maximum atomic E-state index is 11.8. The predicted octanol–water partition coefficient (Wildman–Crippen LogP) is 1.29. The summed E-state index contributed by atoms with van der Waals surface area (Å²) in [6.45, 7) is -1.70. The first-order valence-electron chi connectivity index (χ1n) is 4.01. The third-order valence-corrected chi connectivity index (χ3v) is 4.49. The van der Waals surface area contributed by atoms with Gasteiger partial charge in [0.1, 0.15) is 15.6 Å². The van der Waals surface area contributed by atoms with Crippen molar-refractivity contribution >= 4 is 27.3 Å². The van der Waals surface area contributed by atoms with Gasteiger partial charge in [-0.15, -0.1) is 11.3 Å². The van der Waals surface area contributed by atoms with Gasteiger partial charge in [0.2, 0.25) is 10.0 Å². The summed E-state index contributed by atoms with van der Waals surface area (Å²) in [5, 5.41) is 8.54. The van der Waals surface area contributed by atoms with E-state index in [1.165, 1.54) is 4.72 Å². The number of hydrogen-bond acceptors (Lipinski definition) is 4. The molecular formula is C7H6F3NO4S2. The first kappa shape index (κ1) is 13.9. The molecule has 0 unspecified atom stereocenters. The molecule has 0 aliphatic heterocycles. The maximum absolute atomic E-state index is 11.8. The third-order valence-electron chi connectivity index (χ3n) is 1.52. The van der Waals surface area contributed by atoms with Gasteiger partial charge in [0.05, 0.1) is 0 Å². The fourth-order valence-corrected chi connectivity index (χ4v) is 3.03. The topological polar surface area (TPSA) is 83.5 Å². The quantitative estimate of drug-likeness (QED) is 0.874. The SMILES string of the molecule is O=C(O)c1ccc(S(=O)(=O)NCC(F)(F)F)s1. The second-order valence-electron chi connectivity index (χ2n) is 2.86. The van der Waals surface area contributed by atoms with Crippen molar-refractivity contribution in [3.8, 4) is 0 Å². The highest BCUT2D eigenvalue weighted by molar-refractivity contribution is 7.91. The Labute approximate surface area is 97.9 Å². The summed E-state index contributed by atoms with van der Waals surface area (Å²) < 4.78 is 59.0. The van der Waals surface area contributed by atoms with E-state index in [9.17, 15) is 26.4 Å². The molecule has 0 saturated heterocycles. The van der Waals surface area contributed by atoms with Gasteiger partial charge < -0.3 is 5.11 Å². The number of halogens is 3. The van der Waals surface area contributed by atoms with Crippen molar-refractivity contribution < 1.29 is 31.5 Å². The minimum Gasteiger partial charge on any atom is -0.477 e. The molecule has 1 aromatic rings. The lowest BCUT2D eigenvalue weighted by Crippen LogP contribution is -2.33. The van der Waals surface area contributed by atoms with Gasteiger partial charge in [0, 0.05) is 0 Å². The van der Waals surface area contributed by atoms with Crippen molar-refractivity contribution in [3.63, 3.8) is 0 Å². The predicted molar refractivity (Wildman–Crippen MR) is 52.5 cm³/mol. The molecular weight excluding hydrogens is 283 g/mol. The van der Waals surface area contributed by atoms with Crippen LogP contribution >= 0.6 is 11.3 Å². The monoisotopic (exact) mass is 289 g/mol. The van der Waals surface area contributed by atoms with E-state index >= 15 is 0 Å². The van der Waals surface area contributed by atoms with E-state index in [2.05, 4.69) is 0 Å². The molecule has 10 heteroatoms. The molecule has 0 aliphatic carbocycles. The highest BCUT2D eigenvalue weighted by atomic mass is 32.2. The summed E-state index contributed by atoms with van der Waals surface area (Å²) in [5.41, 5.74) is 0. The van der Waals surface area contributed by atoms with Crippen LogP contribution < -0.4 is 4.72 Å². The number of hydrogen-bond donors (Lipinski definition) is 2. The van der Waals surface area contributed by atoms with Gasteiger partial charge in [0.15, 0.2) is 0 Å². The lowest BCUT2D eigenvalue weighted by atomic mass is 10.5. The normalized spacial score (nSPS) is 12.6. The number of carboxylic acids is 1. The van der Waals surface area contributed by atoms with Crippen molar-refractivity contribution in [1.29, 1.82) is 0 Å². The zero-order valence-electron chi connectivity index (χ0n) is 7.98. The Hall–Kier alpha value is -1.13. The molecule has 2 N–H and O–H groups in total. The summed E-state index contributed by atoms with van der Waals surface area (Å²) in [7, 11) is -4.32. The Kier molecular flexibility index (Phi) is 3.79. The molecule has 17 heavy (non-hydrogen) atoms. The highest BCUT2D eigenvalue weighted by Crippen LogP contribution is 2.22. The van der Waals surface area contributed by atoms with E-state index in [0.29, 0.717) is 11.3 Å². The molecule has 1 heterocycles. The fraction of sp³-hybridized carbons (Fsp3) is 0.286. The van der Waals surface area contributed by atoms with Crippen molar-refractivity contribution in [3.05, 3.63) is 17.0 Å². The molecule has 0 aliphatic rings. The molecule has 0 bridgehead atoms. The van der Waals surface area contributed by atoms with Crippen molar-refractivity contribution in [2.45, 2.75) is 10.4 Å². The Morgan fingerprint density at radius 2 is 2.00 bits per heavy atom. The summed E-state index contributed by atoms with van der Waals surface area (Å²) in [6.07, 6.45) is -4.67. The van der Waals surface area contributed by atoms with Crippen LogP contribution in [0.15, 0.2) is 16.3 Å². The molecule has 0 fully saturated rings. The van der Waals surface area contributed by atoms with Crippen LogP contribution in [0.25, 0.3) is 0 Å². The Bertz CT molecular complexity index is 519. The lowest BCUT2D eigenvalue weighted by molar-refractivity contribution is -0.121. The molecule has 0 amide bonds. The third kappa shape index (κ3) is 3.98. The summed E-state index contributed by atoms with van der Waals surface area (Å²) in [5.74, 6) is -1.34. The molecule has 1 rings (SSSR count). The largest absolute Gasteiger partial charge is 0.477 e. The number of rotatable bonds is 4. The van der Waals surface area contributed by atoms with Gasteiger partial charge in [-0.1, -0.05) is 0 Å². The number of nitrogens with one attached hydrogen (secondary N) is 1. The molecule has 0 saturated carbocycles. The molecule has 0 radical (unpaired) electrons. The van der Waals surface area contributed by atoms with Crippen LogP contribution in [0.1, 0.15) is 9.67 Å². The second kappa shape index (κ2) is 4.63. The number of sulfonamides is 1. The van der Waals surface area contributed by atoms with E-state index < -0.39 is 32.9 Å². The fourth-order valence-electron chi connectivity index (χ4n) is 0.827. The maximum Gasteiger partial charge on any atom is 0.402 e. The van der Waals surface area contributed by atoms with Gasteiger partial charge in [-0.05, 0) is 12.1 Å². The Morgan fingerprint density at radius 1 is 1.41 bits per heavy atom. The van der Waals surface area contributed by atoms with Crippen molar-refractivity contribution in [1.82, 2.24) is 4.72 Å². The molecule has 0 spiro atoms. The van der Waals surface area contributed by atoms with E-state index in [-0.39, 0.29) is 4.88 Å². The van der Waals surface area contributed by atoms with E-state index in [4.69, 9.17) is 5.11 Å². The van der Waals surface area contributed by atoms with Gasteiger partial charge in [-0.3, -0.25) is 0 Å². The first-order valence-corrected chi connectivity index (χ1v) is 6.31. The zero-order valence-corrected chi connectivity index (χ0v) is 9.62. The number of alkyl halides is 3. The van der Waals surface area contributed by atoms with Crippen LogP contribution in [-0.2, 0) is 10.0 Å². The van der Waals surface area contributed by atoms with Crippen LogP contribution in [0.5, 0.6) is 0 Å².